The molecule has 0 aliphatic carbocycles. The molecule has 0 unspecified atom stereocenters. The Hall–Kier alpha value is -3.20. The Morgan fingerprint density at radius 2 is 1.76 bits per heavy atom. The number of hydrogen-bond donors (Lipinski definition) is 2. The van der Waals surface area contributed by atoms with Crippen LogP contribution >= 0.6 is 24.0 Å². The summed E-state index contributed by atoms with van der Waals surface area (Å²) in [7, 11) is 0. The molecule has 0 amide bonds. The van der Waals surface area contributed by atoms with E-state index in [4.69, 9.17) is 4.99 Å². The van der Waals surface area contributed by atoms with Crippen molar-refractivity contribution in [1.29, 1.82) is 0 Å². The van der Waals surface area contributed by atoms with E-state index in [0.29, 0.717) is 13.1 Å². The van der Waals surface area contributed by atoms with Crippen LogP contribution in [0.3, 0.4) is 0 Å². The lowest BCUT2D eigenvalue weighted by Gasteiger charge is -2.13. The summed E-state index contributed by atoms with van der Waals surface area (Å²) in [6.45, 7) is 4.91. The van der Waals surface area contributed by atoms with Gasteiger partial charge in [-0.05, 0) is 41.3 Å². The van der Waals surface area contributed by atoms with Crippen LogP contribution in [0.4, 0.5) is 0 Å². The van der Waals surface area contributed by atoms with Gasteiger partial charge in [-0.25, -0.2) is 9.98 Å². The largest absolute Gasteiger partial charge is 0.357 e. The minimum Gasteiger partial charge on any atom is -0.357 e. The second-order valence-corrected chi connectivity index (χ2v) is 7.46. The Morgan fingerprint density at radius 3 is 2.48 bits per heavy atom. The van der Waals surface area contributed by atoms with E-state index in [2.05, 4.69) is 80.6 Å². The third-order valence-electron chi connectivity index (χ3n) is 5.12. The van der Waals surface area contributed by atoms with Gasteiger partial charge >= 0.3 is 0 Å². The normalized spacial score (nSPS) is 11.0. The highest BCUT2D eigenvalue weighted by molar-refractivity contribution is 14.0. The van der Waals surface area contributed by atoms with E-state index in [1.807, 2.05) is 30.7 Å². The van der Waals surface area contributed by atoms with E-state index in [9.17, 15) is 0 Å². The highest BCUT2D eigenvalue weighted by Crippen LogP contribution is 2.25. The third kappa shape index (κ3) is 7.15. The Bertz CT molecular complexity index is 1130. The first-order chi connectivity index (χ1) is 15.8. The summed E-state index contributed by atoms with van der Waals surface area (Å²) in [6, 6.07) is 23.1. The van der Waals surface area contributed by atoms with Gasteiger partial charge < -0.3 is 15.2 Å². The van der Waals surface area contributed by atoms with E-state index >= 15 is 0 Å². The van der Waals surface area contributed by atoms with Gasteiger partial charge in [0.2, 0.25) is 0 Å². The fourth-order valence-corrected chi connectivity index (χ4v) is 3.50. The molecule has 0 radical (unpaired) electrons. The van der Waals surface area contributed by atoms with Crippen molar-refractivity contribution in [3.05, 3.63) is 108 Å². The highest BCUT2D eigenvalue weighted by atomic mass is 127. The predicted octanol–water partition coefficient (Wildman–Crippen LogP) is 4.87. The molecular formula is C26H29IN6. The lowest BCUT2D eigenvalue weighted by molar-refractivity contribution is 0.797. The minimum absolute atomic E-state index is 0. The maximum atomic E-state index is 4.81. The van der Waals surface area contributed by atoms with Crippen molar-refractivity contribution < 1.29 is 0 Å². The summed E-state index contributed by atoms with van der Waals surface area (Å²) in [4.78, 5) is 13.3. The average Bonchev–Trinajstić information content (AvgIpc) is 3.35. The number of nitrogens with zero attached hydrogens (tertiary/aromatic N) is 4. The third-order valence-corrected chi connectivity index (χ3v) is 5.12. The average molecular weight is 552 g/mol. The van der Waals surface area contributed by atoms with Crippen molar-refractivity contribution in [2.45, 2.75) is 26.6 Å². The standard InChI is InChI=1S/C26H28N6.HI/c1-2-28-26(31-18-24-8-5-6-14-29-24)30-17-23-7-3-4-9-25(23)22-12-10-21(11-13-22)19-32-16-15-27-20-32;/h3-16,20H,2,17-19H2,1H3,(H2,28,30,31);1H. The first-order valence-corrected chi connectivity index (χ1v) is 10.9. The zero-order valence-corrected chi connectivity index (χ0v) is 21.0. The summed E-state index contributed by atoms with van der Waals surface area (Å²) < 4.78 is 2.07. The second-order valence-electron chi connectivity index (χ2n) is 7.46. The van der Waals surface area contributed by atoms with Crippen LogP contribution < -0.4 is 10.6 Å². The van der Waals surface area contributed by atoms with Crippen molar-refractivity contribution in [2.24, 2.45) is 4.99 Å². The number of rotatable bonds is 8. The van der Waals surface area contributed by atoms with Gasteiger partial charge in [0, 0.05) is 31.7 Å². The zero-order valence-electron chi connectivity index (χ0n) is 18.7. The Labute approximate surface area is 212 Å². The Balaban J connectivity index is 0.00000306. The molecule has 0 saturated heterocycles. The molecule has 0 aliphatic rings. The number of hydrogen-bond acceptors (Lipinski definition) is 3. The van der Waals surface area contributed by atoms with Gasteiger partial charge in [0.05, 0.1) is 25.1 Å². The number of benzene rings is 2. The summed E-state index contributed by atoms with van der Waals surface area (Å²) in [5, 5.41) is 6.68. The number of aromatic nitrogens is 3. The molecule has 33 heavy (non-hydrogen) atoms. The van der Waals surface area contributed by atoms with Crippen molar-refractivity contribution in [3.8, 4) is 11.1 Å². The first-order valence-electron chi connectivity index (χ1n) is 10.9. The van der Waals surface area contributed by atoms with Crippen LogP contribution in [0.2, 0.25) is 0 Å². The second kappa shape index (κ2) is 12.7. The number of aliphatic imine (C=N–C) groups is 1. The molecule has 0 bridgehead atoms. The van der Waals surface area contributed by atoms with Gasteiger partial charge in [-0.2, -0.15) is 0 Å². The van der Waals surface area contributed by atoms with Crippen LogP contribution in [0.15, 0.2) is 96.6 Å². The van der Waals surface area contributed by atoms with Gasteiger partial charge in [-0.15, -0.1) is 24.0 Å². The molecule has 2 aromatic heterocycles. The van der Waals surface area contributed by atoms with Crippen LogP contribution in [-0.2, 0) is 19.6 Å². The van der Waals surface area contributed by atoms with Crippen molar-refractivity contribution in [2.75, 3.05) is 6.54 Å². The summed E-state index contributed by atoms with van der Waals surface area (Å²) in [6.07, 6.45) is 7.42. The lowest BCUT2D eigenvalue weighted by Crippen LogP contribution is -2.37. The summed E-state index contributed by atoms with van der Waals surface area (Å²) in [5.41, 5.74) is 5.80. The zero-order chi connectivity index (χ0) is 22.0. The Morgan fingerprint density at radius 1 is 0.939 bits per heavy atom. The number of nitrogens with one attached hydrogen (secondary N) is 2. The maximum absolute atomic E-state index is 4.81. The topological polar surface area (TPSA) is 67.1 Å². The van der Waals surface area contributed by atoms with E-state index in [-0.39, 0.29) is 24.0 Å². The quantitative estimate of drug-likeness (QED) is 0.186. The maximum Gasteiger partial charge on any atom is 0.191 e. The van der Waals surface area contributed by atoms with Crippen molar-refractivity contribution >= 4 is 29.9 Å². The SMILES string of the molecule is CCNC(=NCc1ccccc1-c1ccc(Cn2ccnc2)cc1)NCc1ccccn1.I. The van der Waals surface area contributed by atoms with Crippen molar-refractivity contribution in [3.63, 3.8) is 0 Å². The molecule has 2 heterocycles. The summed E-state index contributed by atoms with van der Waals surface area (Å²) >= 11 is 0. The van der Waals surface area contributed by atoms with Crippen molar-refractivity contribution in [1.82, 2.24) is 25.2 Å². The highest BCUT2D eigenvalue weighted by Gasteiger charge is 2.06. The summed E-state index contributed by atoms with van der Waals surface area (Å²) in [5.74, 6) is 0.781. The molecule has 2 N–H and O–H groups in total. The van der Waals surface area contributed by atoms with Gasteiger partial charge in [0.1, 0.15) is 0 Å². The predicted molar refractivity (Wildman–Crippen MR) is 145 cm³/mol. The molecule has 7 heteroatoms. The van der Waals surface area contributed by atoms with Crippen LogP contribution in [0, 0.1) is 0 Å². The van der Waals surface area contributed by atoms with E-state index < -0.39 is 0 Å². The first kappa shape index (κ1) is 24.4. The number of halogens is 1. The van der Waals surface area contributed by atoms with Gasteiger partial charge in [-0.1, -0.05) is 54.6 Å². The van der Waals surface area contributed by atoms with Gasteiger partial charge in [-0.3, -0.25) is 4.98 Å². The molecule has 6 nitrogen and oxygen atoms in total. The molecule has 4 aromatic rings. The fourth-order valence-electron chi connectivity index (χ4n) is 3.50. The Kier molecular flexibility index (Phi) is 9.44. The van der Waals surface area contributed by atoms with Crippen LogP contribution in [-0.4, -0.2) is 27.0 Å². The number of guanidine groups is 1. The molecule has 0 aliphatic heterocycles. The van der Waals surface area contributed by atoms with Crippen LogP contribution in [0.5, 0.6) is 0 Å². The van der Waals surface area contributed by atoms with E-state index in [1.165, 1.54) is 22.3 Å². The molecule has 0 fully saturated rings. The van der Waals surface area contributed by atoms with Crippen LogP contribution in [0.1, 0.15) is 23.7 Å². The molecule has 0 saturated carbocycles. The van der Waals surface area contributed by atoms with E-state index in [1.54, 1.807) is 12.4 Å². The van der Waals surface area contributed by atoms with Gasteiger partial charge in [0.25, 0.3) is 0 Å². The fraction of sp³-hybridized carbons (Fsp3) is 0.192. The number of imidazole rings is 1. The van der Waals surface area contributed by atoms with E-state index in [0.717, 1.165) is 24.7 Å². The van der Waals surface area contributed by atoms with Crippen LogP contribution in [0.25, 0.3) is 11.1 Å². The molecule has 4 rings (SSSR count). The van der Waals surface area contributed by atoms with Gasteiger partial charge in [0.15, 0.2) is 5.96 Å². The molecule has 170 valence electrons. The monoisotopic (exact) mass is 552 g/mol. The number of pyridine rings is 1. The molecular weight excluding hydrogens is 523 g/mol. The smallest absolute Gasteiger partial charge is 0.191 e. The molecule has 0 atom stereocenters. The molecule has 0 spiro atoms. The molecule has 2 aromatic carbocycles. The minimum atomic E-state index is 0. The lowest BCUT2D eigenvalue weighted by atomic mass is 9.98.